The van der Waals surface area contributed by atoms with Crippen LogP contribution < -0.4 is 0 Å². The highest BCUT2D eigenvalue weighted by Gasteiger charge is 2.19. The van der Waals surface area contributed by atoms with E-state index in [9.17, 15) is 14.4 Å². The highest BCUT2D eigenvalue weighted by Crippen LogP contribution is 2.13. The third-order valence-electron chi connectivity index (χ3n) is 11.4. The fourth-order valence-corrected chi connectivity index (χ4v) is 7.30. The highest BCUT2D eigenvalue weighted by molar-refractivity contribution is 5.71. The number of hydrogen-bond donors (Lipinski definition) is 0. The van der Waals surface area contributed by atoms with Crippen LogP contribution in [0.5, 0.6) is 0 Å². The minimum absolute atomic E-state index is 0.112. The lowest BCUT2D eigenvalue weighted by atomic mass is 10.1. The molecule has 0 rings (SSSR count). The van der Waals surface area contributed by atoms with Gasteiger partial charge in [0.2, 0.25) is 0 Å². The second-order valence-electron chi connectivity index (χ2n) is 18.1. The van der Waals surface area contributed by atoms with Crippen molar-refractivity contribution in [3.63, 3.8) is 0 Å². The van der Waals surface area contributed by atoms with Crippen molar-refractivity contribution in [1.82, 2.24) is 0 Å². The van der Waals surface area contributed by atoms with E-state index in [0.717, 1.165) is 128 Å². The molecule has 0 aliphatic heterocycles. The standard InChI is InChI=1S/C63H102O6/c1-4-7-10-13-16-19-22-25-27-29-31-33-35-38-41-44-47-50-53-56-62(65)68-59-60(58-67-61(64)55-52-49-46-43-40-37-24-21-18-15-12-9-6-3)69-63(66)57-54-51-48-45-42-39-36-34-32-30-28-26-23-20-17-14-11-8-5-2/h7-8,10-11,16-17,19-20,25-28,31-34,37,40,46,49,60H,4-6,9,12-15,18,21-24,29-30,35-36,38-39,41-45,47-48,50-59H2,1-3H3/b10-7+,11-8+,19-16+,20-17+,27-25+,28-26+,33-31+,34-32+,40-37+,49-46+. The Labute approximate surface area is 424 Å². The van der Waals surface area contributed by atoms with Gasteiger partial charge in [-0.3, -0.25) is 14.4 Å². The van der Waals surface area contributed by atoms with Crippen LogP contribution in [0, 0.1) is 0 Å². The zero-order valence-corrected chi connectivity index (χ0v) is 44.5. The van der Waals surface area contributed by atoms with E-state index >= 15 is 0 Å². The first-order valence-electron chi connectivity index (χ1n) is 28.0. The van der Waals surface area contributed by atoms with E-state index in [1.54, 1.807) is 0 Å². The maximum Gasteiger partial charge on any atom is 0.306 e. The lowest BCUT2D eigenvalue weighted by molar-refractivity contribution is -0.166. The Bertz CT molecular complexity index is 1470. The van der Waals surface area contributed by atoms with Crippen molar-refractivity contribution in [2.75, 3.05) is 13.2 Å². The summed E-state index contributed by atoms with van der Waals surface area (Å²) in [5.41, 5.74) is 0. The third-order valence-corrected chi connectivity index (χ3v) is 11.4. The number of esters is 3. The summed E-state index contributed by atoms with van der Waals surface area (Å²) in [7, 11) is 0. The smallest absolute Gasteiger partial charge is 0.306 e. The Morgan fingerprint density at radius 3 is 0.971 bits per heavy atom. The monoisotopic (exact) mass is 955 g/mol. The van der Waals surface area contributed by atoms with Gasteiger partial charge in [-0.1, -0.05) is 226 Å². The Morgan fingerprint density at radius 2 is 0.594 bits per heavy atom. The van der Waals surface area contributed by atoms with Crippen LogP contribution in [0.3, 0.4) is 0 Å². The Morgan fingerprint density at radius 1 is 0.304 bits per heavy atom. The van der Waals surface area contributed by atoms with Crippen molar-refractivity contribution in [2.45, 2.75) is 245 Å². The van der Waals surface area contributed by atoms with Crippen molar-refractivity contribution in [2.24, 2.45) is 0 Å². The Hall–Kier alpha value is -4.19. The molecule has 0 aliphatic rings. The highest BCUT2D eigenvalue weighted by atomic mass is 16.6. The van der Waals surface area contributed by atoms with Gasteiger partial charge in [-0.15, -0.1) is 0 Å². The predicted octanol–water partition coefficient (Wildman–Crippen LogP) is 18.9. The first-order valence-corrected chi connectivity index (χ1v) is 28.0. The zero-order chi connectivity index (χ0) is 50.0. The number of carbonyl (C=O) groups is 3. The summed E-state index contributed by atoms with van der Waals surface area (Å²) in [5.74, 6) is -1.01. The largest absolute Gasteiger partial charge is 0.462 e. The van der Waals surface area contributed by atoms with Crippen LogP contribution in [0.15, 0.2) is 122 Å². The minimum atomic E-state index is -0.818. The van der Waals surface area contributed by atoms with Crippen LogP contribution >= 0.6 is 0 Å². The summed E-state index contributed by atoms with van der Waals surface area (Å²) < 4.78 is 16.8. The van der Waals surface area contributed by atoms with Gasteiger partial charge < -0.3 is 14.2 Å². The number of unbranched alkanes of at least 4 members (excludes halogenated alkanes) is 18. The number of rotatable bonds is 49. The molecule has 6 heteroatoms. The number of hydrogen-bond acceptors (Lipinski definition) is 6. The lowest BCUT2D eigenvalue weighted by Crippen LogP contribution is -2.30. The van der Waals surface area contributed by atoms with Crippen LogP contribution in [-0.4, -0.2) is 37.2 Å². The van der Waals surface area contributed by atoms with E-state index in [2.05, 4.69) is 136 Å². The second-order valence-corrected chi connectivity index (χ2v) is 18.1. The molecule has 0 heterocycles. The molecule has 0 N–H and O–H groups in total. The molecule has 69 heavy (non-hydrogen) atoms. The molecule has 6 nitrogen and oxygen atoms in total. The van der Waals surface area contributed by atoms with Gasteiger partial charge >= 0.3 is 17.9 Å². The normalized spacial score (nSPS) is 13.0. The summed E-state index contributed by atoms with van der Waals surface area (Å²) >= 11 is 0. The summed E-state index contributed by atoms with van der Waals surface area (Å²) in [5, 5.41) is 0. The molecule has 390 valence electrons. The van der Waals surface area contributed by atoms with Gasteiger partial charge in [0.25, 0.3) is 0 Å². The van der Waals surface area contributed by atoms with Crippen molar-refractivity contribution >= 4 is 17.9 Å². The molecule has 0 amide bonds. The van der Waals surface area contributed by atoms with Crippen molar-refractivity contribution < 1.29 is 28.6 Å². The minimum Gasteiger partial charge on any atom is -0.462 e. The summed E-state index contributed by atoms with van der Waals surface area (Å²) in [6.45, 7) is 6.32. The summed E-state index contributed by atoms with van der Waals surface area (Å²) in [6.07, 6.45) is 77.7. The molecule has 0 spiro atoms. The zero-order valence-electron chi connectivity index (χ0n) is 44.5. The summed E-state index contributed by atoms with van der Waals surface area (Å²) in [4.78, 5) is 38.1. The van der Waals surface area contributed by atoms with E-state index in [-0.39, 0.29) is 37.5 Å². The van der Waals surface area contributed by atoms with E-state index in [1.807, 2.05) is 6.08 Å². The Balaban J connectivity index is 4.50. The quantitative estimate of drug-likeness (QED) is 0.0262. The fourth-order valence-electron chi connectivity index (χ4n) is 7.30. The van der Waals surface area contributed by atoms with Gasteiger partial charge in [0.1, 0.15) is 13.2 Å². The van der Waals surface area contributed by atoms with Gasteiger partial charge in [0.15, 0.2) is 6.10 Å². The Kier molecular flexibility index (Phi) is 53.0. The average Bonchev–Trinajstić information content (AvgIpc) is 3.35. The van der Waals surface area contributed by atoms with Gasteiger partial charge in [0.05, 0.1) is 0 Å². The summed E-state index contributed by atoms with van der Waals surface area (Å²) in [6, 6.07) is 0. The van der Waals surface area contributed by atoms with Crippen LogP contribution in [0.25, 0.3) is 0 Å². The molecule has 0 saturated carbocycles. The molecule has 0 aromatic rings. The number of ether oxygens (including phenoxy) is 3. The van der Waals surface area contributed by atoms with E-state index in [4.69, 9.17) is 14.2 Å². The van der Waals surface area contributed by atoms with Gasteiger partial charge in [-0.05, 0) is 116 Å². The van der Waals surface area contributed by atoms with Crippen LogP contribution in [0.2, 0.25) is 0 Å². The van der Waals surface area contributed by atoms with Crippen molar-refractivity contribution in [3.8, 4) is 0 Å². The van der Waals surface area contributed by atoms with E-state index in [1.165, 1.54) is 64.2 Å². The molecule has 0 aliphatic carbocycles. The molecule has 0 radical (unpaired) electrons. The molecule has 0 aromatic carbocycles. The second kappa shape index (κ2) is 56.4. The maximum absolute atomic E-state index is 12.8. The first-order chi connectivity index (χ1) is 34.0. The molecular formula is C63H102O6. The average molecular weight is 956 g/mol. The van der Waals surface area contributed by atoms with E-state index in [0.29, 0.717) is 19.3 Å². The molecule has 0 bridgehead atoms. The topological polar surface area (TPSA) is 78.9 Å². The lowest BCUT2D eigenvalue weighted by Gasteiger charge is -2.18. The van der Waals surface area contributed by atoms with Gasteiger partial charge in [0, 0.05) is 19.3 Å². The molecule has 1 unspecified atom stereocenters. The third kappa shape index (κ3) is 54.6. The van der Waals surface area contributed by atoms with Gasteiger partial charge in [-0.2, -0.15) is 0 Å². The molecular weight excluding hydrogens is 853 g/mol. The number of carbonyl (C=O) groups excluding carboxylic acids is 3. The maximum atomic E-state index is 12.8. The van der Waals surface area contributed by atoms with Crippen LogP contribution in [0.1, 0.15) is 239 Å². The molecule has 0 saturated heterocycles. The molecule has 1 atom stereocenters. The number of allylic oxidation sites excluding steroid dienone is 20. The van der Waals surface area contributed by atoms with E-state index < -0.39 is 6.10 Å². The van der Waals surface area contributed by atoms with Crippen molar-refractivity contribution in [3.05, 3.63) is 122 Å². The van der Waals surface area contributed by atoms with Crippen LogP contribution in [0.4, 0.5) is 0 Å². The van der Waals surface area contributed by atoms with Crippen molar-refractivity contribution in [1.29, 1.82) is 0 Å². The SMILES string of the molecule is CC/C=C/C/C=C/C/C=C/C/C=C/CCCCCCCCC(=O)OCC(COC(=O)CC/C=C/C/C=C/CCCCCCCC)OC(=O)CCCCCCCC/C=C/C/C=C/C/C=C/C/C=C/CC. The molecule has 0 fully saturated rings. The first kappa shape index (κ1) is 64.8. The fraction of sp³-hybridized carbons (Fsp3) is 0.635. The predicted molar refractivity (Wildman–Crippen MR) is 297 cm³/mol. The molecule has 0 aromatic heterocycles. The van der Waals surface area contributed by atoms with Gasteiger partial charge in [-0.25, -0.2) is 0 Å². The van der Waals surface area contributed by atoms with Crippen LogP contribution in [-0.2, 0) is 28.6 Å².